The Morgan fingerprint density at radius 3 is 2.74 bits per heavy atom. The smallest absolute Gasteiger partial charge is 0.251 e. The molecule has 0 bridgehead atoms. The van der Waals surface area contributed by atoms with Crippen molar-refractivity contribution in [2.75, 3.05) is 32.8 Å². The molecule has 27 heavy (non-hydrogen) atoms. The minimum atomic E-state index is -0.369. The molecule has 0 aromatic carbocycles. The average Bonchev–Trinajstić information content (AvgIpc) is 2.70. The summed E-state index contributed by atoms with van der Waals surface area (Å²) in [5, 5.41) is 0. The van der Waals surface area contributed by atoms with E-state index >= 15 is 0 Å². The molecule has 2 aliphatic heterocycles. The van der Waals surface area contributed by atoms with Gasteiger partial charge in [-0.15, -0.1) is 0 Å². The molecule has 2 fully saturated rings. The van der Waals surface area contributed by atoms with Gasteiger partial charge in [-0.25, -0.2) is 0 Å². The zero-order chi connectivity index (χ0) is 19.3. The van der Waals surface area contributed by atoms with E-state index in [-0.39, 0.29) is 23.3 Å². The van der Waals surface area contributed by atoms with Gasteiger partial charge in [-0.1, -0.05) is 6.07 Å². The first-order chi connectivity index (χ1) is 13.0. The summed E-state index contributed by atoms with van der Waals surface area (Å²) in [5.41, 5.74) is 1.18. The normalized spacial score (nSPS) is 20.7. The number of hydrogen-bond acceptors (Lipinski definition) is 4. The molecule has 0 N–H and O–H groups in total. The molecular formula is C21H31N3O3. The maximum absolute atomic E-state index is 12.5. The number of rotatable bonds is 6. The summed E-state index contributed by atoms with van der Waals surface area (Å²) in [5.74, 6) is 0.339. The van der Waals surface area contributed by atoms with Crippen LogP contribution in [-0.4, -0.2) is 65.5 Å². The first kappa shape index (κ1) is 19.8. The Bertz CT molecular complexity index is 641. The second kappa shape index (κ2) is 8.83. The van der Waals surface area contributed by atoms with Crippen LogP contribution in [0.25, 0.3) is 0 Å². The van der Waals surface area contributed by atoms with Crippen molar-refractivity contribution in [1.82, 2.24) is 14.8 Å². The van der Waals surface area contributed by atoms with Gasteiger partial charge in [0.25, 0.3) is 5.91 Å². The molecule has 3 rings (SSSR count). The first-order valence-corrected chi connectivity index (χ1v) is 10.1. The molecule has 1 atom stereocenters. The Labute approximate surface area is 161 Å². The van der Waals surface area contributed by atoms with Crippen molar-refractivity contribution in [3.8, 4) is 0 Å². The largest absolute Gasteiger partial charge is 0.369 e. The molecular weight excluding hydrogens is 342 g/mol. The summed E-state index contributed by atoms with van der Waals surface area (Å²) in [7, 11) is 0. The minimum Gasteiger partial charge on any atom is -0.369 e. The number of carbonyl (C=O) groups excluding carboxylic acids is 2. The third kappa shape index (κ3) is 4.86. The van der Waals surface area contributed by atoms with Crippen molar-refractivity contribution in [3.63, 3.8) is 0 Å². The number of ether oxygens (including phenoxy) is 1. The number of hydrogen-bond donors (Lipinski definition) is 0. The number of piperidine rings is 2. The van der Waals surface area contributed by atoms with E-state index in [1.165, 1.54) is 0 Å². The summed E-state index contributed by atoms with van der Waals surface area (Å²) < 4.78 is 5.45. The molecule has 2 amide bonds. The van der Waals surface area contributed by atoms with Crippen LogP contribution < -0.4 is 0 Å². The number of carbonyl (C=O) groups is 2. The van der Waals surface area contributed by atoms with Gasteiger partial charge >= 0.3 is 0 Å². The van der Waals surface area contributed by atoms with Crippen molar-refractivity contribution in [1.29, 1.82) is 0 Å². The SMILES string of the molecule is CCO[C@H](C)C(=O)N1CCC2(CCC(=O)N(CCc3ccccn3)C2)CC1. The highest BCUT2D eigenvalue weighted by Crippen LogP contribution is 2.40. The van der Waals surface area contributed by atoms with Crippen LogP contribution in [0, 0.1) is 5.41 Å². The Morgan fingerprint density at radius 1 is 1.30 bits per heavy atom. The lowest BCUT2D eigenvalue weighted by Gasteiger charge is -2.47. The lowest BCUT2D eigenvalue weighted by atomic mass is 9.72. The van der Waals surface area contributed by atoms with E-state index in [1.807, 2.05) is 41.8 Å². The van der Waals surface area contributed by atoms with E-state index in [4.69, 9.17) is 4.74 Å². The van der Waals surface area contributed by atoms with Crippen molar-refractivity contribution in [2.45, 2.75) is 52.1 Å². The van der Waals surface area contributed by atoms with E-state index in [1.54, 1.807) is 6.20 Å². The molecule has 1 aromatic rings. The van der Waals surface area contributed by atoms with Crippen LogP contribution in [0.3, 0.4) is 0 Å². The molecule has 0 aliphatic carbocycles. The van der Waals surface area contributed by atoms with E-state index in [2.05, 4.69) is 4.98 Å². The molecule has 1 spiro atoms. The number of aromatic nitrogens is 1. The molecule has 3 heterocycles. The number of amides is 2. The van der Waals surface area contributed by atoms with Crippen LogP contribution in [0.15, 0.2) is 24.4 Å². The maximum atomic E-state index is 12.5. The summed E-state index contributed by atoms with van der Waals surface area (Å²) in [4.78, 5) is 33.2. The summed E-state index contributed by atoms with van der Waals surface area (Å²) >= 11 is 0. The number of likely N-dealkylation sites (tertiary alicyclic amines) is 2. The van der Waals surface area contributed by atoms with Gasteiger partial charge in [-0.05, 0) is 50.7 Å². The molecule has 148 valence electrons. The molecule has 2 saturated heterocycles. The maximum Gasteiger partial charge on any atom is 0.251 e. The van der Waals surface area contributed by atoms with Gasteiger partial charge in [0.15, 0.2) is 0 Å². The summed E-state index contributed by atoms with van der Waals surface area (Å²) in [6.45, 7) is 7.35. The second-order valence-corrected chi connectivity index (χ2v) is 7.81. The second-order valence-electron chi connectivity index (χ2n) is 7.81. The van der Waals surface area contributed by atoms with Crippen LogP contribution in [0.5, 0.6) is 0 Å². The molecule has 0 radical (unpaired) electrons. The fourth-order valence-corrected chi connectivity index (χ4v) is 4.29. The Morgan fingerprint density at radius 2 is 2.07 bits per heavy atom. The van der Waals surface area contributed by atoms with E-state index < -0.39 is 0 Å². The van der Waals surface area contributed by atoms with Crippen LogP contribution >= 0.6 is 0 Å². The van der Waals surface area contributed by atoms with Gasteiger partial charge in [0.05, 0.1) is 0 Å². The molecule has 0 unspecified atom stereocenters. The van der Waals surface area contributed by atoms with Gasteiger partial charge in [0, 0.05) is 57.5 Å². The predicted octanol–water partition coefficient (Wildman–Crippen LogP) is 2.28. The fourth-order valence-electron chi connectivity index (χ4n) is 4.29. The van der Waals surface area contributed by atoms with Gasteiger partial charge in [0.1, 0.15) is 6.10 Å². The van der Waals surface area contributed by atoms with E-state index in [9.17, 15) is 9.59 Å². The van der Waals surface area contributed by atoms with Gasteiger partial charge in [-0.3, -0.25) is 14.6 Å². The monoisotopic (exact) mass is 373 g/mol. The Kier molecular flexibility index (Phi) is 6.47. The Hall–Kier alpha value is -1.95. The molecule has 2 aliphatic rings. The number of nitrogens with zero attached hydrogens (tertiary/aromatic N) is 3. The van der Waals surface area contributed by atoms with Crippen LogP contribution in [0.4, 0.5) is 0 Å². The highest BCUT2D eigenvalue weighted by molar-refractivity contribution is 5.80. The van der Waals surface area contributed by atoms with Crippen molar-refractivity contribution in [2.24, 2.45) is 5.41 Å². The van der Waals surface area contributed by atoms with Gasteiger partial charge in [-0.2, -0.15) is 0 Å². The lowest BCUT2D eigenvalue weighted by Crippen LogP contribution is -2.53. The quantitative estimate of drug-likeness (QED) is 0.767. The molecule has 6 heteroatoms. The zero-order valence-electron chi connectivity index (χ0n) is 16.5. The average molecular weight is 373 g/mol. The molecule has 6 nitrogen and oxygen atoms in total. The lowest BCUT2D eigenvalue weighted by molar-refractivity contribution is -0.148. The molecule has 0 saturated carbocycles. The minimum absolute atomic E-state index is 0.0885. The Balaban J connectivity index is 1.54. The summed E-state index contributed by atoms with van der Waals surface area (Å²) in [6.07, 6.45) is 5.70. The van der Waals surface area contributed by atoms with Crippen LogP contribution in [-0.2, 0) is 20.7 Å². The number of pyridine rings is 1. The van der Waals surface area contributed by atoms with E-state index in [0.29, 0.717) is 13.0 Å². The van der Waals surface area contributed by atoms with Crippen molar-refractivity contribution < 1.29 is 14.3 Å². The summed E-state index contributed by atoms with van der Waals surface area (Å²) in [6, 6.07) is 5.90. The predicted molar refractivity (Wildman–Crippen MR) is 103 cm³/mol. The highest BCUT2D eigenvalue weighted by Gasteiger charge is 2.42. The van der Waals surface area contributed by atoms with Crippen LogP contribution in [0.2, 0.25) is 0 Å². The molecule has 1 aromatic heterocycles. The third-order valence-electron chi connectivity index (χ3n) is 6.01. The van der Waals surface area contributed by atoms with Gasteiger partial charge < -0.3 is 14.5 Å². The zero-order valence-corrected chi connectivity index (χ0v) is 16.5. The topological polar surface area (TPSA) is 62.7 Å². The van der Waals surface area contributed by atoms with Crippen molar-refractivity contribution >= 4 is 11.8 Å². The highest BCUT2D eigenvalue weighted by atomic mass is 16.5. The van der Waals surface area contributed by atoms with Crippen LogP contribution in [0.1, 0.15) is 45.2 Å². The van der Waals surface area contributed by atoms with E-state index in [0.717, 1.165) is 57.6 Å². The van der Waals surface area contributed by atoms with Gasteiger partial charge in [0.2, 0.25) is 5.91 Å². The van der Waals surface area contributed by atoms with Crippen molar-refractivity contribution in [3.05, 3.63) is 30.1 Å². The fraction of sp³-hybridized carbons (Fsp3) is 0.667. The first-order valence-electron chi connectivity index (χ1n) is 10.1. The standard InChI is InChI=1S/C21H31N3O3/c1-3-27-17(2)20(26)23-14-10-21(11-15-23)9-7-19(25)24(16-21)13-8-18-6-4-5-12-22-18/h4-6,12,17H,3,7-11,13-16H2,1-2H3/t17-/m1/s1. The third-order valence-corrected chi connectivity index (χ3v) is 6.01.